The Morgan fingerprint density at radius 2 is 1.50 bits per heavy atom. The Morgan fingerprint density at radius 3 is 2.00 bits per heavy atom. The lowest BCUT2D eigenvalue weighted by Gasteiger charge is -2.06. The zero-order chi connectivity index (χ0) is 13.7. The van der Waals surface area contributed by atoms with Crippen molar-refractivity contribution in [2.75, 3.05) is 12.4 Å². The standard InChI is InChI=1S/C12H12Cl2N2O2/c1-7-3-5-8(6-4-7)16-12(18)10(14)9(13)11(17)15-2/h3-6H,1-2H3,(H,15,17)(H,16,18)/b10-9-. The number of benzene rings is 1. The van der Waals surface area contributed by atoms with Crippen LogP contribution in [0.1, 0.15) is 5.56 Å². The van der Waals surface area contributed by atoms with Crippen molar-refractivity contribution in [3.63, 3.8) is 0 Å². The Morgan fingerprint density at radius 1 is 1.00 bits per heavy atom. The fraction of sp³-hybridized carbons (Fsp3) is 0.167. The molecular formula is C12H12Cl2N2O2. The van der Waals surface area contributed by atoms with Crippen molar-refractivity contribution < 1.29 is 9.59 Å². The summed E-state index contributed by atoms with van der Waals surface area (Å²) < 4.78 is 0. The van der Waals surface area contributed by atoms with Gasteiger partial charge in [-0.3, -0.25) is 9.59 Å². The molecule has 0 aliphatic rings. The zero-order valence-corrected chi connectivity index (χ0v) is 11.4. The first-order chi connectivity index (χ1) is 8.45. The van der Waals surface area contributed by atoms with Gasteiger partial charge in [-0.1, -0.05) is 40.9 Å². The van der Waals surface area contributed by atoms with E-state index in [1.807, 2.05) is 19.1 Å². The molecule has 2 N–H and O–H groups in total. The number of halogens is 2. The molecule has 96 valence electrons. The number of nitrogens with one attached hydrogen (secondary N) is 2. The van der Waals surface area contributed by atoms with E-state index in [1.54, 1.807) is 12.1 Å². The van der Waals surface area contributed by atoms with Gasteiger partial charge >= 0.3 is 0 Å². The van der Waals surface area contributed by atoms with Gasteiger partial charge in [-0.15, -0.1) is 0 Å². The monoisotopic (exact) mass is 286 g/mol. The summed E-state index contributed by atoms with van der Waals surface area (Å²) in [4.78, 5) is 22.9. The van der Waals surface area contributed by atoms with Crippen molar-refractivity contribution in [1.82, 2.24) is 5.32 Å². The quantitative estimate of drug-likeness (QED) is 0.838. The van der Waals surface area contributed by atoms with Gasteiger partial charge in [0.1, 0.15) is 10.1 Å². The predicted molar refractivity (Wildman–Crippen MR) is 72.6 cm³/mol. The largest absolute Gasteiger partial charge is 0.354 e. The molecule has 0 saturated carbocycles. The highest BCUT2D eigenvalue weighted by Gasteiger charge is 2.16. The summed E-state index contributed by atoms with van der Waals surface area (Å²) in [5.74, 6) is -1.24. The molecule has 0 atom stereocenters. The van der Waals surface area contributed by atoms with Crippen molar-refractivity contribution in [3.05, 3.63) is 39.9 Å². The molecule has 0 aliphatic carbocycles. The number of hydrogen-bond acceptors (Lipinski definition) is 2. The molecule has 2 amide bonds. The van der Waals surface area contributed by atoms with E-state index < -0.39 is 11.8 Å². The van der Waals surface area contributed by atoms with Crippen LogP contribution in [0.4, 0.5) is 5.69 Å². The first-order valence-corrected chi connectivity index (χ1v) is 5.86. The van der Waals surface area contributed by atoms with Crippen LogP contribution in [0.15, 0.2) is 34.3 Å². The first-order valence-electron chi connectivity index (χ1n) is 5.11. The van der Waals surface area contributed by atoms with Crippen molar-refractivity contribution in [3.8, 4) is 0 Å². The van der Waals surface area contributed by atoms with Crippen LogP contribution >= 0.6 is 23.2 Å². The van der Waals surface area contributed by atoms with Gasteiger partial charge in [0.05, 0.1) is 0 Å². The van der Waals surface area contributed by atoms with Crippen LogP contribution < -0.4 is 10.6 Å². The molecule has 0 saturated heterocycles. The van der Waals surface area contributed by atoms with Crippen LogP contribution in [-0.2, 0) is 9.59 Å². The van der Waals surface area contributed by atoms with Crippen molar-refractivity contribution in [2.24, 2.45) is 0 Å². The number of amides is 2. The SMILES string of the molecule is CNC(=O)/C(Cl)=C(/Cl)C(=O)Nc1ccc(C)cc1. The second kappa shape index (κ2) is 6.42. The van der Waals surface area contributed by atoms with Crippen LogP contribution in [0.25, 0.3) is 0 Å². The lowest BCUT2D eigenvalue weighted by molar-refractivity contribution is -0.117. The minimum Gasteiger partial charge on any atom is -0.354 e. The first kappa shape index (κ1) is 14.5. The number of carbonyl (C=O) groups excluding carboxylic acids is 2. The number of likely N-dealkylation sites (N-methyl/N-ethyl adjacent to an activating group) is 1. The van der Waals surface area contributed by atoms with Gasteiger partial charge in [-0.05, 0) is 19.1 Å². The molecule has 0 fully saturated rings. The van der Waals surface area contributed by atoms with Gasteiger partial charge in [0.25, 0.3) is 11.8 Å². The summed E-state index contributed by atoms with van der Waals surface area (Å²) in [6, 6.07) is 7.14. The average molecular weight is 287 g/mol. The van der Waals surface area contributed by atoms with Crippen molar-refractivity contribution in [1.29, 1.82) is 0 Å². The molecule has 0 heterocycles. The lowest BCUT2D eigenvalue weighted by Crippen LogP contribution is -2.21. The summed E-state index contributed by atoms with van der Waals surface area (Å²) in [5, 5.41) is 4.12. The Kier molecular flexibility index (Phi) is 5.19. The summed E-state index contributed by atoms with van der Waals surface area (Å²) in [7, 11) is 1.40. The third kappa shape index (κ3) is 3.75. The van der Waals surface area contributed by atoms with E-state index in [9.17, 15) is 9.59 Å². The number of aryl methyl sites for hydroxylation is 1. The maximum absolute atomic E-state index is 11.7. The van der Waals surface area contributed by atoms with Gasteiger partial charge in [0.15, 0.2) is 0 Å². The van der Waals surface area contributed by atoms with E-state index in [4.69, 9.17) is 23.2 Å². The van der Waals surface area contributed by atoms with E-state index in [2.05, 4.69) is 10.6 Å². The number of rotatable bonds is 3. The number of anilines is 1. The van der Waals surface area contributed by atoms with Gasteiger partial charge in [-0.25, -0.2) is 0 Å². The van der Waals surface area contributed by atoms with Crippen LogP contribution in [0.5, 0.6) is 0 Å². The van der Waals surface area contributed by atoms with Gasteiger partial charge in [0, 0.05) is 12.7 Å². The smallest absolute Gasteiger partial charge is 0.268 e. The molecule has 1 rings (SSSR count). The molecule has 0 radical (unpaired) electrons. The molecule has 0 aromatic heterocycles. The molecular weight excluding hydrogens is 275 g/mol. The molecule has 0 bridgehead atoms. The van der Waals surface area contributed by atoms with Gasteiger partial charge < -0.3 is 10.6 Å². The zero-order valence-electron chi connectivity index (χ0n) is 9.88. The number of hydrogen-bond donors (Lipinski definition) is 2. The van der Waals surface area contributed by atoms with Crippen LogP contribution in [0.2, 0.25) is 0 Å². The molecule has 0 unspecified atom stereocenters. The molecule has 1 aromatic carbocycles. The van der Waals surface area contributed by atoms with Crippen LogP contribution in [0.3, 0.4) is 0 Å². The Balaban J connectivity index is 2.83. The number of carbonyl (C=O) groups is 2. The van der Waals surface area contributed by atoms with Crippen molar-refractivity contribution in [2.45, 2.75) is 6.92 Å². The maximum atomic E-state index is 11.7. The predicted octanol–water partition coefficient (Wildman–Crippen LogP) is 2.37. The van der Waals surface area contributed by atoms with E-state index in [1.165, 1.54) is 7.05 Å². The van der Waals surface area contributed by atoms with Gasteiger partial charge in [0.2, 0.25) is 0 Å². The molecule has 1 aromatic rings. The minimum atomic E-state index is -0.630. The molecule has 4 nitrogen and oxygen atoms in total. The summed E-state index contributed by atoms with van der Waals surface area (Å²) in [6.45, 7) is 1.93. The lowest BCUT2D eigenvalue weighted by atomic mass is 10.2. The topological polar surface area (TPSA) is 58.2 Å². The minimum absolute atomic E-state index is 0.344. The highest BCUT2D eigenvalue weighted by molar-refractivity contribution is 6.54. The van der Waals surface area contributed by atoms with Crippen molar-refractivity contribution >= 4 is 40.7 Å². The molecule has 0 aliphatic heterocycles. The Labute approximate surface area is 115 Å². The second-order valence-corrected chi connectivity index (χ2v) is 4.28. The normalized spacial score (nSPS) is 11.6. The molecule has 0 spiro atoms. The van der Waals surface area contributed by atoms with E-state index >= 15 is 0 Å². The van der Waals surface area contributed by atoms with Crippen LogP contribution in [-0.4, -0.2) is 18.9 Å². The molecule has 6 heteroatoms. The fourth-order valence-electron chi connectivity index (χ4n) is 1.13. The maximum Gasteiger partial charge on any atom is 0.268 e. The van der Waals surface area contributed by atoms with E-state index in [0.717, 1.165) is 5.56 Å². The Hall–Kier alpha value is -1.52. The van der Waals surface area contributed by atoms with Gasteiger partial charge in [-0.2, -0.15) is 0 Å². The van der Waals surface area contributed by atoms with Crippen LogP contribution in [0, 0.1) is 6.92 Å². The second-order valence-electron chi connectivity index (χ2n) is 3.53. The molecule has 18 heavy (non-hydrogen) atoms. The summed E-state index contributed by atoms with van der Waals surface area (Å²) >= 11 is 11.4. The third-order valence-electron chi connectivity index (χ3n) is 2.13. The summed E-state index contributed by atoms with van der Waals surface area (Å²) in [5.41, 5.74) is 1.64. The average Bonchev–Trinajstić information content (AvgIpc) is 2.38. The van der Waals surface area contributed by atoms with E-state index in [0.29, 0.717) is 5.69 Å². The highest BCUT2D eigenvalue weighted by atomic mass is 35.5. The Bertz CT molecular complexity index is 495. The van der Waals surface area contributed by atoms with E-state index in [-0.39, 0.29) is 10.1 Å². The summed E-state index contributed by atoms with van der Waals surface area (Å²) in [6.07, 6.45) is 0. The highest BCUT2D eigenvalue weighted by Crippen LogP contribution is 2.17. The fourth-order valence-corrected chi connectivity index (χ4v) is 1.45. The third-order valence-corrected chi connectivity index (χ3v) is 2.95.